The van der Waals surface area contributed by atoms with Gasteiger partial charge in [0, 0.05) is 18.2 Å². The van der Waals surface area contributed by atoms with Crippen LogP contribution in [0.4, 0.5) is 0 Å². The van der Waals surface area contributed by atoms with Gasteiger partial charge < -0.3 is 0 Å². The van der Waals surface area contributed by atoms with Crippen molar-refractivity contribution in [3.8, 4) is 12.1 Å². The van der Waals surface area contributed by atoms with Crippen molar-refractivity contribution in [3.05, 3.63) is 41.0 Å². The van der Waals surface area contributed by atoms with Gasteiger partial charge in [-0.15, -0.1) is 0 Å². The van der Waals surface area contributed by atoms with E-state index in [2.05, 4.69) is 0 Å². The zero-order chi connectivity index (χ0) is 13.3. The molecule has 0 radical (unpaired) electrons. The van der Waals surface area contributed by atoms with Crippen LogP contribution in [0.2, 0.25) is 0 Å². The summed E-state index contributed by atoms with van der Waals surface area (Å²) < 4.78 is 0. The number of hydrogen-bond acceptors (Lipinski definition) is 4. The predicted octanol–water partition coefficient (Wildman–Crippen LogP) is 1.10. The Hall–Kier alpha value is -2.92. The molecule has 0 aliphatic carbocycles. The second-order valence-corrected chi connectivity index (χ2v) is 3.69. The Bertz CT molecular complexity index is 658. The number of rotatable bonds is 0. The summed E-state index contributed by atoms with van der Waals surface area (Å²) in [5.74, 6) is -1.06. The van der Waals surface area contributed by atoms with Gasteiger partial charge in [0.05, 0.1) is 5.57 Å². The highest BCUT2D eigenvalue weighted by atomic mass is 16.2. The molecule has 0 unspecified atom stereocenters. The number of fused-ring (bicyclic) bond motifs is 1. The lowest BCUT2D eigenvalue weighted by molar-refractivity contribution is -0.121. The van der Waals surface area contributed by atoms with Gasteiger partial charge in [0.15, 0.2) is 0 Å². The standard InChI is InChI=1S/C13H7N3O2/c1-16-12(17)10-5-3-2-4-9(10)11(13(16)18)8(6-14)7-15/h2-5H,1H3. The Morgan fingerprint density at radius 3 is 2.17 bits per heavy atom. The number of amides is 2. The number of carbonyl (C=O) groups excluding carboxylic acids is 2. The second-order valence-electron chi connectivity index (χ2n) is 3.69. The molecular weight excluding hydrogens is 230 g/mol. The van der Waals surface area contributed by atoms with Crippen molar-refractivity contribution in [2.75, 3.05) is 7.05 Å². The number of imide groups is 1. The van der Waals surface area contributed by atoms with E-state index in [0.717, 1.165) is 4.90 Å². The smallest absolute Gasteiger partial charge is 0.263 e. The topological polar surface area (TPSA) is 85.0 Å². The van der Waals surface area contributed by atoms with Crippen molar-refractivity contribution in [3.63, 3.8) is 0 Å². The highest BCUT2D eigenvalue weighted by molar-refractivity contribution is 6.32. The van der Waals surface area contributed by atoms with Crippen LogP contribution < -0.4 is 0 Å². The van der Waals surface area contributed by atoms with Crippen LogP contribution in [0.3, 0.4) is 0 Å². The minimum absolute atomic E-state index is 0.0160. The Labute approximate surface area is 103 Å². The molecule has 1 aromatic rings. The molecule has 0 saturated heterocycles. The van der Waals surface area contributed by atoms with E-state index >= 15 is 0 Å². The van der Waals surface area contributed by atoms with Gasteiger partial charge in [-0.3, -0.25) is 14.5 Å². The van der Waals surface area contributed by atoms with Gasteiger partial charge >= 0.3 is 0 Å². The van der Waals surface area contributed by atoms with Crippen LogP contribution in [0.25, 0.3) is 5.57 Å². The van der Waals surface area contributed by atoms with E-state index in [9.17, 15) is 9.59 Å². The van der Waals surface area contributed by atoms with Crippen molar-refractivity contribution in [2.45, 2.75) is 0 Å². The first-order valence-electron chi connectivity index (χ1n) is 5.08. The minimum Gasteiger partial charge on any atom is -0.277 e. The summed E-state index contributed by atoms with van der Waals surface area (Å²) in [6.07, 6.45) is 0. The predicted molar refractivity (Wildman–Crippen MR) is 61.7 cm³/mol. The SMILES string of the molecule is CN1C(=O)C(=C(C#N)C#N)c2ccccc2C1=O. The van der Waals surface area contributed by atoms with E-state index in [1.165, 1.54) is 7.05 Å². The molecule has 0 fully saturated rings. The molecule has 1 aromatic carbocycles. The summed E-state index contributed by atoms with van der Waals surface area (Å²) in [6, 6.07) is 9.81. The third kappa shape index (κ3) is 1.47. The van der Waals surface area contributed by atoms with Gasteiger partial charge in [-0.1, -0.05) is 18.2 Å². The number of likely N-dealkylation sites (N-methyl/N-ethyl adjacent to an activating group) is 1. The number of nitriles is 2. The number of carbonyl (C=O) groups is 2. The van der Waals surface area contributed by atoms with Crippen LogP contribution >= 0.6 is 0 Å². The van der Waals surface area contributed by atoms with E-state index < -0.39 is 11.8 Å². The molecule has 0 aromatic heterocycles. The molecule has 1 aliphatic rings. The van der Waals surface area contributed by atoms with E-state index in [4.69, 9.17) is 10.5 Å². The third-order valence-electron chi connectivity index (χ3n) is 2.72. The summed E-state index contributed by atoms with van der Waals surface area (Å²) in [5.41, 5.74) is 0.353. The second kappa shape index (κ2) is 4.15. The molecule has 1 heterocycles. The maximum Gasteiger partial charge on any atom is 0.263 e. The molecule has 0 atom stereocenters. The monoisotopic (exact) mass is 237 g/mol. The quantitative estimate of drug-likeness (QED) is 0.384. The first-order valence-corrected chi connectivity index (χ1v) is 5.08. The minimum atomic E-state index is -0.628. The molecule has 5 heteroatoms. The van der Waals surface area contributed by atoms with Gasteiger partial charge in [0.25, 0.3) is 11.8 Å². The summed E-state index contributed by atoms with van der Waals surface area (Å²) >= 11 is 0. The normalized spacial score (nSPS) is 13.7. The summed E-state index contributed by atoms with van der Waals surface area (Å²) in [6.45, 7) is 0. The highest BCUT2D eigenvalue weighted by Gasteiger charge is 2.34. The zero-order valence-corrected chi connectivity index (χ0v) is 9.47. The molecule has 0 spiro atoms. The Balaban J connectivity index is 2.85. The number of nitrogens with zero attached hydrogens (tertiary/aromatic N) is 3. The van der Waals surface area contributed by atoms with Crippen molar-refractivity contribution in [1.82, 2.24) is 4.90 Å². The molecule has 18 heavy (non-hydrogen) atoms. The zero-order valence-electron chi connectivity index (χ0n) is 9.47. The van der Waals surface area contributed by atoms with Crippen LogP contribution in [-0.2, 0) is 4.79 Å². The van der Waals surface area contributed by atoms with Crippen LogP contribution in [0.15, 0.2) is 29.8 Å². The lowest BCUT2D eigenvalue weighted by Crippen LogP contribution is -2.38. The van der Waals surface area contributed by atoms with Crippen LogP contribution in [0, 0.1) is 22.7 Å². The molecule has 5 nitrogen and oxygen atoms in total. The largest absolute Gasteiger partial charge is 0.277 e. The molecular formula is C13H7N3O2. The fourth-order valence-corrected chi connectivity index (χ4v) is 1.82. The van der Waals surface area contributed by atoms with Crippen LogP contribution in [0.5, 0.6) is 0 Å². The van der Waals surface area contributed by atoms with Crippen LogP contribution in [0.1, 0.15) is 15.9 Å². The van der Waals surface area contributed by atoms with E-state index in [-0.39, 0.29) is 11.1 Å². The number of allylic oxidation sites excluding steroid dienone is 1. The first kappa shape index (κ1) is 11.6. The lowest BCUT2D eigenvalue weighted by atomic mass is 9.91. The van der Waals surface area contributed by atoms with Crippen molar-refractivity contribution in [2.24, 2.45) is 0 Å². The summed E-state index contributed by atoms with van der Waals surface area (Å²) in [5, 5.41) is 17.8. The average molecular weight is 237 g/mol. The molecule has 0 bridgehead atoms. The maximum absolute atomic E-state index is 12.0. The molecule has 0 N–H and O–H groups in total. The van der Waals surface area contributed by atoms with Gasteiger partial charge in [0.1, 0.15) is 17.7 Å². The molecule has 86 valence electrons. The van der Waals surface area contributed by atoms with E-state index in [1.54, 1.807) is 36.4 Å². The fraction of sp³-hybridized carbons (Fsp3) is 0.0769. The average Bonchev–Trinajstić information content (AvgIpc) is 2.41. The van der Waals surface area contributed by atoms with Gasteiger partial charge in [-0.05, 0) is 6.07 Å². The Kier molecular flexibility index (Phi) is 2.67. The molecule has 2 amide bonds. The highest BCUT2D eigenvalue weighted by Crippen LogP contribution is 2.29. The summed E-state index contributed by atoms with van der Waals surface area (Å²) in [7, 11) is 1.33. The first-order chi connectivity index (χ1) is 8.61. The lowest BCUT2D eigenvalue weighted by Gasteiger charge is -2.25. The molecule has 2 rings (SSSR count). The van der Waals surface area contributed by atoms with E-state index in [0.29, 0.717) is 11.1 Å². The van der Waals surface area contributed by atoms with Gasteiger partial charge in [-0.2, -0.15) is 10.5 Å². The van der Waals surface area contributed by atoms with Crippen molar-refractivity contribution in [1.29, 1.82) is 10.5 Å². The number of benzene rings is 1. The van der Waals surface area contributed by atoms with Gasteiger partial charge in [0.2, 0.25) is 0 Å². The van der Waals surface area contributed by atoms with E-state index in [1.807, 2.05) is 0 Å². The Morgan fingerprint density at radius 1 is 1.06 bits per heavy atom. The van der Waals surface area contributed by atoms with Crippen molar-refractivity contribution >= 4 is 17.4 Å². The Morgan fingerprint density at radius 2 is 1.61 bits per heavy atom. The molecule has 0 saturated carbocycles. The van der Waals surface area contributed by atoms with Gasteiger partial charge in [-0.25, -0.2) is 0 Å². The maximum atomic E-state index is 12.0. The number of hydrogen-bond donors (Lipinski definition) is 0. The molecule has 1 aliphatic heterocycles. The van der Waals surface area contributed by atoms with Crippen LogP contribution in [-0.4, -0.2) is 23.8 Å². The fourth-order valence-electron chi connectivity index (χ4n) is 1.82. The third-order valence-corrected chi connectivity index (χ3v) is 2.72. The van der Waals surface area contributed by atoms with Crippen molar-refractivity contribution < 1.29 is 9.59 Å². The summed E-state index contributed by atoms with van der Waals surface area (Å²) in [4.78, 5) is 24.8.